The van der Waals surface area contributed by atoms with E-state index in [0.29, 0.717) is 11.8 Å². The average Bonchev–Trinajstić information content (AvgIpc) is 2.51. The SMILES string of the molecule is CCCOCCNCCOc1cc(C)c2nc(Cl)ccc2c1. The maximum Gasteiger partial charge on any atom is 0.129 e. The summed E-state index contributed by atoms with van der Waals surface area (Å²) in [6.45, 7) is 7.97. The van der Waals surface area contributed by atoms with Gasteiger partial charge in [0.2, 0.25) is 0 Å². The van der Waals surface area contributed by atoms with Crippen LogP contribution in [-0.2, 0) is 4.74 Å². The minimum Gasteiger partial charge on any atom is -0.492 e. The van der Waals surface area contributed by atoms with Crippen molar-refractivity contribution in [2.75, 3.05) is 32.9 Å². The Hall–Kier alpha value is -1.36. The molecule has 0 bridgehead atoms. The monoisotopic (exact) mass is 322 g/mol. The van der Waals surface area contributed by atoms with E-state index < -0.39 is 0 Å². The number of nitrogens with one attached hydrogen (secondary N) is 1. The Morgan fingerprint density at radius 3 is 2.77 bits per heavy atom. The standard InChI is InChI=1S/C17H23ClN2O2/c1-3-8-21-9-6-19-7-10-22-15-11-13(2)17-14(12-15)4-5-16(18)20-17/h4-5,11-12,19H,3,6-10H2,1-2H3. The van der Waals surface area contributed by atoms with Crippen LogP contribution in [0.1, 0.15) is 18.9 Å². The van der Waals surface area contributed by atoms with E-state index in [0.717, 1.165) is 54.9 Å². The molecule has 1 aromatic carbocycles. The van der Waals surface area contributed by atoms with E-state index in [9.17, 15) is 0 Å². The van der Waals surface area contributed by atoms with E-state index in [1.165, 1.54) is 0 Å². The summed E-state index contributed by atoms with van der Waals surface area (Å²) in [6, 6.07) is 7.75. The van der Waals surface area contributed by atoms with Gasteiger partial charge in [0.05, 0.1) is 12.1 Å². The Morgan fingerprint density at radius 2 is 1.95 bits per heavy atom. The quantitative estimate of drug-likeness (QED) is 0.566. The van der Waals surface area contributed by atoms with Crippen molar-refractivity contribution in [2.24, 2.45) is 0 Å². The normalized spacial score (nSPS) is 11.0. The predicted molar refractivity (Wildman–Crippen MR) is 91.0 cm³/mol. The highest BCUT2D eigenvalue weighted by atomic mass is 35.5. The Kier molecular flexibility index (Phi) is 6.90. The molecule has 0 saturated heterocycles. The summed E-state index contributed by atoms with van der Waals surface area (Å²) in [5, 5.41) is 4.85. The number of hydrogen-bond donors (Lipinski definition) is 1. The topological polar surface area (TPSA) is 43.4 Å². The molecule has 2 rings (SSSR count). The summed E-state index contributed by atoms with van der Waals surface area (Å²) in [4.78, 5) is 4.35. The van der Waals surface area contributed by atoms with Gasteiger partial charge in [0.1, 0.15) is 17.5 Å². The highest BCUT2D eigenvalue weighted by molar-refractivity contribution is 6.29. The van der Waals surface area contributed by atoms with Crippen molar-refractivity contribution in [1.82, 2.24) is 10.3 Å². The lowest BCUT2D eigenvalue weighted by Crippen LogP contribution is -2.25. The molecule has 0 fully saturated rings. The lowest BCUT2D eigenvalue weighted by molar-refractivity contribution is 0.135. The molecule has 1 heterocycles. The van der Waals surface area contributed by atoms with Crippen molar-refractivity contribution in [3.63, 3.8) is 0 Å². The van der Waals surface area contributed by atoms with E-state index in [1.54, 1.807) is 6.07 Å². The maximum absolute atomic E-state index is 5.93. The molecule has 0 amide bonds. The van der Waals surface area contributed by atoms with Gasteiger partial charge in [-0.1, -0.05) is 18.5 Å². The number of halogens is 1. The molecular formula is C17H23ClN2O2. The number of aryl methyl sites for hydroxylation is 1. The van der Waals surface area contributed by atoms with Gasteiger partial charge in [-0.05, 0) is 43.2 Å². The number of hydrogen-bond acceptors (Lipinski definition) is 4. The van der Waals surface area contributed by atoms with Crippen LogP contribution in [0.4, 0.5) is 0 Å². The second-order valence-electron chi connectivity index (χ2n) is 5.16. The average molecular weight is 323 g/mol. The molecule has 2 aromatic rings. The minimum absolute atomic E-state index is 0.513. The van der Waals surface area contributed by atoms with Gasteiger partial charge in [0.25, 0.3) is 0 Å². The third-order valence-corrected chi connectivity index (χ3v) is 3.45. The molecule has 0 spiro atoms. The zero-order chi connectivity index (χ0) is 15.8. The van der Waals surface area contributed by atoms with Gasteiger partial charge in [-0.15, -0.1) is 0 Å². The van der Waals surface area contributed by atoms with Crippen LogP contribution in [0.5, 0.6) is 5.75 Å². The van der Waals surface area contributed by atoms with Gasteiger partial charge < -0.3 is 14.8 Å². The molecule has 1 N–H and O–H groups in total. The molecule has 4 nitrogen and oxygen atoms in total. The number of aromatic nitrogens is 1. The lowest BCUT2D eigenvalue weighted by atomic mass is 10.1. The fourth-order valence-electron chi connectivity index (χ4n) is 2.20. The van der Waals surface area contributed by atoms with Crippen LogP contribution in [0.25, 0.3) is 10.9 Å². The van der Waals surface area contributed by atoms with Gasteiger partial charge in [-0.25, -0.2) is 4.98 Å². The van der Waals surface area contributed by atoms with Crippen molar-refractivity contribution < 1.29 is 9.47 Å². The first-order valence-corrected chi connectivity index (χ1v) is 8.06. The molecule has 0 aliphatic rings. The number of nitrogens with zero attached hydrogens (tertiary/aromatic N) is 1. The summed E-state index contributed by atoms with van der Waals surface area (Å²) >= 11 is 5.93. The van der Waals surface area contributed by atoms with Gasteiger partial charge in [-0.3, -0.25) is 0 Å². The Labute approximate surface area is 136 Å². The van der Waals surface area contributed by atoms with Gasteiger partial charge in [0, 0.05) is 25.1 Å². The zero-order valence-corrected chi connectivity index (χ0v) is 13.9. The first-order valence-electron chi connectivity index (χ1n) is 7.69. The van der Waals surface area contributed by atoms with Crippen molar-refractivity contribution in [3.05, 3.63) is 35.0 Å². The number of fused-ring (bicyclic) bond motifs is 1. The molecule has 0 radical (unpaired) electrons. The predicted octanol–water partition coefficient (Wildman–Crippen LogP) is 3.59. The van der Waals surface area contributed by atoms with Crippen molar-refractivity contribution >= 4 is 22.5 Å². The van der Waals surface area contributed by atoms with Crippen LogP contribution < -0.4 is 10.1 Å². The molecule has 0 atom stereocenters. The first-order chi connectivity index (χ1) is 10.7. The Bertz CT molecular complexity index is 604. The van der Waals surface area contributed by atoms with E-state index >= 15 is 0 Å². The van der Waals surface area contributed by atoms with Gasteiger partial charge >= 0.3 is 0 Å². The molecular weight excluding hydrogens is 300 g/mol. The first kappa shape index (κ1) is 17.0. The van der Waals surface area contributed by atoms with Crippen LogP contribution >= 0.6 is 11.6 Å². The Balaban J connectivity index is 1.79. The van der Waals surface area contributed by atoms with Crippen LogP contribution in [0.15, 0.2) is 24.3 Å². The van der Waals surface area contributed by atoms with Crippen LogP contribution in [0.2, 0.25) is 5.15 Å². The summed E-state index contributed by atoms with van der Waals surface area (Å²) in [5.74, 6) is 0.859. The second-order valence-corrected chi connectivity index (χ2v) is 5.54. The number of rotatable bonds is 9. The van der Waals surface area contributed by atoms with E-state index in [4.69, 9.17) is 21.1 Å². The molecule has 22 heavy (non-hydrogen) atoms. The molecule has 0 saturated carbocycles. The lowest BCUT2D eigenvalue weighted by Gasteiger charge is -2.10. The van der Waals surface area contributed by atoms with E-state index in [2.05, 4.69) is 17.2 Å². The van der Waals surface area contributed by atoms with E-state index in [-0.39, 0.29) is 0 Å². The Morgan fingerprint density at radius 1 is 1.14 bits per heavy atom. The zero-order valence-electron chi connectivity index (χ0n) is 13.2. The maximum atomic E-state index is 5.93. The van der Waals surface area contributed by atoms with Crippen molar-refractivity contribution in [3.8, 4) is 5.75 Å². The summed E-state index contributed by atoms with van der Waals surface area (Å²) in [7, 11) is 0. The van der Waals surface area contributed by atoms with Crippen LogP contribution in [-0.4, -0.2) is 37.9 Å². The van der Waals surface area contributed by atoms with Gasteiger partial charge in [0.15, 0.2) is 0 Å². The number of benzene rings is 1. The molecule has 0 aliphatic carbocycles. The molecule has 1 aromatic heterocycles. The second kappa shape index (κ2) is 8.93. The smallest absolute Gasteiger partial charge is 0.129 e. The minimum atomic E-state index is 0.513. The number of ether oxygens (including phenoxy) is 2. The highest BCUT2D eigenvalue weighted by Crippen LogP contribution is 2.24. The largest absolute Gasteiger partial charge is 0.492 e. The summed E-state index contributed by atoms with van der Waals surface area (Å²) in [5.41, 5.74) is 1.99. The van der Waals surface area contributed by atoms with Crippen molar-refractivity contribution in [2.45, 2.75) is 20.3 Å². The van der Waals surface area contributed by atoms with Crippen LogP contribution in [0, 0.1) is 6.92 Å². The molecule has 120 valence electrons. The molecule has 0 aliphatic heterocycles. The van der Waals surface area contributed by atoms with Gasteiger partial charge in [-0.2, -0.15) is 0 Å². The van der Waals surface area contributed by atoms with E-state index in [1.807, 2.05) is 25.1 Å². The molecule has 0 unspecified atom stereocenters. The van der Waals surface area contributed by atoms with Crippen molar-refractivity contribution in [1.29, 1.82) is 0 Å². The third kappa shape index (κ3) is 5.13. The summed E-state index contributed by atoms with van der Waals surface area (Å²) in [6.07, 6.45) is 1.06. The van der Waals surface area contributed by atoms with Crippen LogP contribution in [0.3, 0.4) is 0 Å². The fraction of sp³-hybridized carbons (Fsp3) is 0.471. The molecule has 5 heteroatoms. The highest BCUT2D eigenvalue weighted by Gasteiger charge is 2.04. The fourth-order valence-corrected chi connectivity index (χ4v) is 2.34. The third-order valence-electron chi connectivity index (χ3n) is 3.24. The summed E-state index contributed by atoms with van der Waals surface area (Å²) < 4.78 is 11.2. The number of pyridine rings is 1.